The van der Waals surface area contributed by atoms with E-state index in [9.17, 15) is 0 Å². The van der Waals surface area contributed by atoms with E-state index in [4.69, 9.17) is 5.73 Å². The number of nitrogens with zero attached hydrogens (tertiary/aromatic N) is 3. The van der Waals surface area contributed by atoms with Crippen molar-refractivity contribution in [2.75, 3.05) is 25.1 Å². The molecule has 0 aliphatic heterocycles. The maximum absolute atomic E-state index is 5.95. The highest BCUT2D eigenvalue weighted by Crippen LogP contribution is 2.30. The molecule has 3 aromatic rings. The van der Waals surface area contributed by atoms with Crippen LogP contribution in [-0.4, -0.2) is 41.0 Å². The minimum absolute atomic E-state index is 0.468. The fourth-order valence-corrected chi connectivity index (χ4v) is 4.00. The summed E-state index contributed by atoms with van der Waals surface area (Å²) in [6.07, 6.45) is 6.44. The van der Waals surface area contributed by atoms with Crippen LogP contribution < -0.4 is 11.1 Å². The minimum Gasteiger partial charge on any atom is -0.399 e. The van der Waals surface area contributed by atoms with Gasteiger partial charge in [-0.15, -0.1) is 0 Å². The van der Waals surface area contributed by atoms with Crippen molar-refractivity contribution in [1.29, 1.82) is 0 Å². The number of nitrogens with one attached hydrogen (secondary N) is 1. The summed E-state index contributed by atoms with van der Waals surface area (Å²) >= 11 is 0. The van der Waals surface area contributed by atoms with E-state index in [0.717, 1.165) is 33.5 Å². The molecule has 1 saturated carbocycles. The quantitative estimate of drug-likeness (QED) is 0.683. The molecule has 27 heavy (non-hydrogen) atoms. The first kappa shape index (κ1) is 17.7. The maximum Gasteiger partial charge on any atom is 0.137 e. The van der Waals surface area contributed by atoms with Crippen LogP contribution in [0, 0.1) is 0 Å². The van der Waals surface area contributed by atoms with Gasteiger partial charge in [0.05, 0.1) is 5.52 Å². The zero-order valence-corrected chi connectivity index (χ0v) is 16.0. The molecule has 1 heterocycles. The monoisotopic (exact) mass is 361 g/mol. The summed E-state index contributed by atoms with van der Waals surface area (Å²) in [7, 11) is 4.35. The molecule has 1 aromatic heterocycles. The van der Waals surface area contributed by atoms with Gasteiger partial charge in [-0.1, -0.05) is 18.2 Å². The Hall–Kier alpha value is -2.66. The lowest BCUT2D eigenvalue weighted by atomic mass is 9.90. The number of anilines is 2. The summed E-state index contributed by atoms with van der Waals surface area (Å²) in [5.41, 5.74) is 9.92. The lowest BCUT2D eigenvalue weighted by molar-refractivity contribution is 0.221. The predicted molar refractivity (Wildman–Crippen MR) is 113 cm³/mol. The van der Waals surface area contributed by atoms with Crippen LogP contribution in [0.25, 0.3) is 22.0 Å². The summed E-state index contributed by atoms with van der Waals surface area (Å²) in [5, 5.41) is 4.74. The van der Waals surface area contributed by atoms with Gasteiger partial charge < -0.3 is 16.0 Å². The van der Waals surface area contributed by atoms with Crippen LogP contribution in [0.2, 0.25) is 0 Å². The van der Waals surface area contributed by atoms with Crippen molar-refractivity contribution in [1.82, 2.24) is 14.9 Å². The van der Waals surface area contributed by atoms with E-state index in [2.05, 4.69) is 58.5 Å². The van der Waals surface area contributed by atoms with E-state index >= 15 is 0 Å². The summed E-state index contributed by atoms with van der Waals surface area (Å²) in [4.78, 5) is 11.3. The van der Waals surface area contributed by atoms with Gasteiger partial charge in [0.1, 0.15) is 12.1 Å². The molecule has 2 aromatic carbocycles. The predicted octanol–water partition coefficient (Wildman–Crippen LogP) is 4.16. The maximum atomic E-state index is 5.95. The SMILES string of the molecule is CN(C)C1CCC(Nc2ncnc3ccc(-c4cccc(N)c4)cc23)CC1. The molecular weight excluding hydrogens is 334 g/mol. The summed E-state index contributed by atoms with van der Waals surface area (Å²) in [5.74, 6) is 0.930. The normalized spacial score (nSPS) is 20.1. The molecule has 140 valence electrons. The molecule has 4 rings (SSSR count). The molecule has 0 saturated heterocycles. The number of hydrogen-bond acceptors (Lipinski definition) is 5. The van der Waals surface area contributed by atoms with Crippen LogP contribution in [0.1, 0.15) is 25.7 Å². The lowest BCUT2D eigenvalue weighted by Gasteiger charge is -2.33. The van der Waals surface area contributed by atoms with Crippen molar-refractivity contribution in [3.63, 3.8) is 0 Å². The van der Waals surface area contributed by atoms with Crippen molar-refractivity contribution < 1.29 is 0 Å². The third-order valence-electron chi connectivity index (χ3n) is 5.62. The highest BCUT2D eigenvalue weighted by Gasteiger charge is 2.23. The average Bonchev–Trinajstić information content (AvgIpc) is 2.68. The van der Waals surface area contributed by atoms with E-state index in [0.29, 0.717) is 12.1 Å². The number of hydrogen-bond donors (Lipinski definition) is 2. The van der Waals surface area contributed by atoms with Gasteiger partial charge in [-0.2, -0.15) is 0 Å². The smallest absolute Gasteiger partial charge is 0.137 e. The van der Waals surface area contributed by atoms with Crippen molar-refractivity contribution in [3.8, 4) is 11.1 Å². The van der Waals surface area contributed by atoms with Gasteiger partial charge in [-0.25, -0.2) is 9.97 Å². The first-order chi connectivity index (χ1) is 13.1. The van der Waals surface area contributed by atoms with Crippen LogP contribution >= 0.6 is 0 Å². The molecule has 0 amide bonds. The second-order valence-corrected chi connectivity index (χ2v) is 7.69. The second-order valence-electron chi connectivity index (χ2n) is 7.69. The minimum atomic E-state index is 0.468. The number of benzene rings is 2. The van der Waals surface area contributed by atoms with Gasteiger partial charge in [0.25, 0.3) is 0 Å². The molecule has 0 radical (unpaired) electrons. The summed E-state index contributed by atoms with van der Waals surface area (Å²) in [6.45, 7) is 0. The Morgan fingerprint density at radius 3 is 2.48 bits per heavy atom. The van der Waals surface area contributed by atoms with Crippen molar-refractivity contribution >= 4 is 22.4 Å². The van der Waals surface area contributed by atoms with E-state index in [1.54, 1.807) is 6.33 Å². The zero-order valence-electron chi connectivity index (χ0n) is 16.0. The molecule has 0 spiro atoms. The van der Waals surface area contributed by atoms with Gasteiger partial charge in [-0.05, 0) is 75.2 Å². The zero-order chi connectivity index (χ0) is 18.8. The number of fused-ring (bicyclic) bond motifs is 1. The highest BCUT2D eigenvalue weighted by atomic mass is 15.1. The van der Waals surface area contributed by atoms with E-state index in [-0.39, 0.29) is 0 Å². The Kier molecular flexibility index (Phi) is 4.94. The first-order valence-electron chi connectivity index (χ1n) is 9.64. The first-order valence-corrected chi connectivity index (χ1v) is 9.64. The lowest BCUT2D eigenvalue weighted by Crippen LogP contribution is -2.36. The number of nitrogens with two attached hydrogens (primary N) is 1. The third kappa shape index (κ3) is 3.88. The van der Waals surface area contributed by atoms with Crippen LogP contribution in [0.4, 0.5) is 11.5 Å². The molecule has 1 aliphatic rings. The topological polar surface area (TPSA) is 67.1 Å². The van der Waals surface area contributed by atoms with Gasteiger partial charge in [-0.3, -0.25) is 0 Å². The number of rotatable bonds is 4. The van der Waals surface area contributed by atoms with Gasteiger partial charge in [0.15, 0.2) is 0 Å². The molecule has 5 nitrogen and oxygen atoms in total. The van der Waals surface area contributed by atoms with Gasteiger partial charge in [0, 0.05) is 23.2 Å². The molecule has 3 N–H and O–H groups in total. The molecule has 0 unspecified atom stereocenters. The Morgan fingerprint density at radius 2 is 1.74 bits per heavy atom. The third-order valence-corrected chi connectivity index (χ3v) is 5.62. The highest BCUT2D eigenvalue weighted by molar-refractivity contribution is 5.92. The van der Waals surface area contributed by atoms with E-state index in [1.807, 2.05) is 18.2 Å². The van der Waals surface area contributed by atoms with E-state index in [1.165, 1.54) is 25.7 Å². The fourth-order valence-electron chi connectivity index (χ4n) is 4.00. The van der Waals surface area contributed by atoms with Crippen molar-refractivity contribution in [2.24, 2.45) is 0 Å². The molecule has 5 heteroatoms. The van der Waals surface area contributed by atoms with Crippen LogP contribution in [0.3, 0.4) is 0 Å². The van der Waals surface area contributed by atoms with Crippen molar-refractivity contribution in [2.45, 2.75) is 37.8 Å². The standard InChI is InChI=1S/C22H27N5/c1-27(2)19-9-7-18(8-10-19)26-22-20-13-16(6-11-21(20)24-14-25-22)15-4-3-5-17(23)12-15/h3-6,11-14,18-19H,7-10,23H2,1-2H3,(H,24,25,26). The number of nitrogen functional groups attached to an aromatic ring is 1. The van der Waals surface area contributed by atoms with Crippen molar-refractivity contribution in [3.05, 3.63) is 48.8 Å². The largest absolute Gasteiger partial charge is 0.399 e. The van der Waals surface area contributed by atoms with Crippen LogP contribution in [-0.2, 0) is 0 Å². The molecule has 0 bridgehead atoms. The average molecular weight is 361 g/mol. The van der Waals surface area contributed by atoms with Gasteiger partial charge in [0.2, 0.25) is 0 Å². The summed E-state index contributed by atoms with van der Waals surface area (Å²) < 4.78 is 0. The second kappa shape index (κ2) is 7.53. The Bertz CT molecular complexity index is 929. The Balaban J connectivity index is 1.60. The van der Waals surface area contributed by atoms with Crippen LogP contribution in [0.15, 0.2) is 48.8 Å². The van der Waals surface area contributed by atoms with E-state index < -0.39 is 0 Å². The van der Waals surface area contributed by atoms with Gasteiger partial charge >= 0.3 is 0 Å². The molecular formula is C22H27N5. The Morgan fingerprint density at radius 1 is 0.963 bits per heavy atom. The Labute approximate surface area is 160 Å². The molecule has 0 atom stereocenters. The molecule has 1 aliphatic carbocycles. The van der Waals surface area contributed by atoms with Crippen LogP contribution in [0.5, 0.6) is 0 Å². The fraction of sp³-hybridized carbons (Fsp3) is 0.364. The molecule has 1 fully saturated rings. The summed E-state index contributed by atoms with van der Waals surface area (Å²) in [6, 6.07) is 15.5. The number of aromatic nitrogens is 2.